The molecule has 0 aliphatic carbocycles. The average Bonchev–Trinajstić information content (AvgIpc) is 3.17. The molecule has 7 heteroatoms. The van der Waals surface area contributed by atoms with Gasteiger partial charge in [0.05, 0.1) is 0 Å². The summed E-state index contributed by atoms with van der Waals surface area (Å²) < 4.78 is 0. The number of nitrogens with one attached hydrogen (secondary N) is 1. The molecular formula is C19H21N5O2. The maximum absolute atomic E-state index is 11.1. The Morgan fingerprint density at radius 1 is 1.19 bits per heavy atom. The molecule has 0 fully saturated rings. The second-order valence-corrected chi connectivity index (χ2v) is 6.29. The minimum Gasteiger partial charge on any atom is -0.508 e. The molecule has 1 heterocycles. The van der Waals surface area contributed by atoms with Crippen molar-refractivity contribution in [2.75, 3.05) is 0 Å². The van der Waals surface area contributed by atoms with Crippen molar-refractivity contribution in [2.24, 2.45) is 5.73 Å². The van der Waals surface area contributed by atoms with Gasteiger partial charge in [-0.25, -0.2) is 0 Å². The number of tetrazole rings is 1. The van der Waals surface area contributed by atoms with Crippen molar-refractivity contribution in [1.82, 2.24) is 20.6 Å². The molecule has 0 saturated carbocycles. The number of H-pyrrole nitrogens is 1. The molecule has 0 spiro atoms. The summed E-state index contributed by atoms with van der Waals surface area (Å²) in [4.78, 5) is 11.1. The molecule has 0 aliphatic rings. The lowest BCUT2D eigenvalue weighted by Crippen LogP contribution is -2.11. The number of nitrogens with zero attached hydrogens (tertiary/aromatic N) is 3. The molecule has 7 nitrogen and oxygen atoms in total. The van der Waals surface area contributed by atoms with E-state index in [0.29, 0.717) is 12.2 Å². The van der Waals surface area contributed by atoms with Crippen LogP contribution < -0.4 is 5.73 Å². The molecular weight excluding hydrogens is 330 g/mol. The van der Waals surface area contributed by atoms with Gasteiger partial charge in [-0.05, 0) is 59.7 Å². The predicted molar refractivity (Wildman–Crippen MR) is 97.2 cm³/mol. The number of aromatic nitrogens is 4. The number of phenols is 1. The largest absolute Gasteiger partial charge is 0.508 e. The zero-order valence-electron chi connectivity index (χ0n) is 14.3. The monoisotopic (exact) mass is 351 g/mol. The van der Waals surface area contributed by atoms with Gasteiger partial charge in [-0.2, -0.15) is 5.21 Å². The van der Waals surface area contributed by atoms with E-state index in [0.717, 1.165) is 36.0 Å². The van der Waals surface area contributed by atoms with Gasteiger partial charge in [0.1, 0.15) is 5.75 Å². The molecule has 1 unspecified atom stereocenters. The molecule has 0 radical (unpaired) electrons. The van der Waals surface area contributed by atoms with Crippen molar-refractivity contribution < 1.29 is 9.90 Å². The highest BCUT2D eigenvalue weighted by Gasteiger charge is 2.15. The van der Waals surface area contributed by atoms with Gasteiger partial charge in [0.25, 0.3) is 0 Å². The van der Waals surface area contributed by atoms with Crippen LogP contribution >= 0.6 is 0 Å². The molecule has 0 aliphatic heterocycles. The summed E-state index contributed by atoms with van der Waals surface area (Å²) in [6.45, 7) is 0. The van der Waals surface area contributed by atoms with E-state index < -0.39 is 0 Å². The van der Waals surface area contributed by atoms with E-state index in [1.165, 1.54) is 0 Å². The number of nitrogens with two attached hydrogens (primary N) is 1. The van der Waals surface area contributed by atoms with Crippen LogP contribution in [-0.4, -0.2) is 31.6 Å². The fourth-order valence-corrected chi connectivity index (χ4v) is 3.04. The van der Waals surface area contributed by atoms with Crippen molar-refractivity contribution >= 4 is 5.91 Å². The van der Waals surface area contributed by atoms with E-state index in [4.69, 9.17) is 5.73 Å². The number of amides is 1. The molecule has 2 aromatic carbocycles. The Labute approximate surface area is 151 Å². The lowest BCUT2D eigenvalue weighted by Gasteiger charge is -2.18. The summed E-state index contributed by atoms with van der Waals surface area (Å²) in [6.07, 6.45) is 2.73. The van der Waals surface area contributed by atoms with Gasteiger partial charge in [-0.15, -0.1) is 10.2 Å². The molecule has 4 N–H and O–H groups in total. The van der Waals surface area contributed by atoms with Crippen LogP contribution in [0.3, 0.4) is 0 Å². The number of carbonyl (C=O) groups excluding carboxylic acids is 1. The maximum atomic E-state index is 11.1. The number of hydrogen-bond acceptors (Lipinski definition) is 5. The van der Waals surface area contributed by atoms with E-state index in [2.05, 4.69) is 32.8 Å². The molecule has 3 rings (SSSR count). The zero-order chi connectivity index (χ0) is 18.4. The van der Waals surface area contributed by atoms with Gasteiger partial charge in [0.15, 0.2) is 0 Å². The van der Waals surface area contributed by atoms with Crippen LogP contribution in [-0.2, 0) is 11.2 Å². The number of aromatic amines is 1. The number of carbonyl (C=O) groups is 1. The lowest BCUT2D eigenvalue weighted by atomic mass is 9.87. The van der Waals surface area contributed by atoms with Gasteiger partial charge >= 0.3 is 0 Å². The Morgan fingerprint density at radius 3 is 2.69 bits per heavy atom. The molecule has 134 valence electrons. The first-order valence-corrected chi connectivity index (χ1v) is 8.52. The summed E-state index contributed by atoms with van der Waals surface area (Å²) >= 11 is 0. The number of aromatic hydroxyl groups is 1. The summed E-state index contributed by atoms with van der Waals surface area (Å²) in [7, 11) is 0. The zero-order valence-corrected chi connectivity index (χ0v) is 14.3. The smallest absolute Gasteiger partial charge is 0.217 e. The Bertz CT molecular complexity index is 847. The van der Waals surface area contributed by atoms with Crippen molar-refractivity contribution in [3.63, 3.8) is 0 Å². The topological polar surface area (TPSA) is 118 Å². The summed E-state index contributed by atoms with van der Waals surface area (Å²) in [6, 6.07) is 15.2. The molecule has 0 saturated heterocycles. The third-order valence-corrected chi connectivity index (χ3v) is 4.36. The Morgan fingerprint density at radius 2 is 2.00 bits per heavy atom. The van der Waals surface area contributed by atoms with E-state index in [1.807, 2.05) is 24.3 Å². The lowest BCUT2D eigenvalue weighted by molar-refractivity contribution is -0.118. The average molecular weight is 351 g/mol. The SMILES string of the molecule is NC(=O)CCCC(Cc1ccc(O)cc1)c1cccc(-c2nn[nH]n2)c1. The van der Waals surface area contributed by atoms with E-state index in [9.17, 15) is 9.90 Å². The van der Waals surface area contributed by atoms with E-state index in [1.54, 1.807) is 12.1 Å². The molecule has 1 aromatic heterocycles. The first-order chi connectivity index (χ1) is 12.6. The minimum absolute atomic E-state index is 0.214. The molecule has 1 atom stereocenters. The van der Waals surface area contributed by atoms with Crippen LogP contribution in [0.5, 0.6) is 5.75 Å². The van der Waals surface area contributed by atoms with E-state index >= 15 is 0 Å². The third kappa shape index (κ3) is 4.66. The van der Waals surface area contributed by atoms with Crippen molar-refractivity contribution in [2.45, 2.75) is 31.6 Å². The third-order valence-electron chi connectivity index (χ3n) is 4.36. The first-order valence-electron chi connectivity index (χ1n) is 8.52. The van der Waals surface area contributed by atoms with E-state index in [-0.39, 0.29) is 17.6 Å². The number of phenolic OH excluding ortho intramolecular Hbond substituents is 1. The van der Waals surface area contributed by atoms with Gasteiger partial charge in [0.2, 0.25) is 11.7 Å². The predicted octanol–water partition coefficient (Wildman–Crippen LogP) is 2.55. The molecule has 26 heavy (non-hydrogen) atoms. The second kappa shape index (κ2) is 8.24. The highest BCUT2D eigenvalue weighted by molar-refractivity contribution is 5.73. The van der Waals surface area contributed by atoms with Crippen LogP contribution in [0.2, 0.25) is 0 Å². The Kier molecular flexibility index (Phi) is 5.58. The van der Waals surface area contributed by atoms with Gasteiger partial charge < -0.3 is 10.8 Å². The molecule has 3 aromatic rings. The normalized spacial score (nSPS) is 12.0. The second-order valence-electron chi connectivity index (χ2n) is 6.29. The highest BCUT2D eigenvalue weighted by atomic mass is 16.3. The number of hydrogen-bond donors (Lipinski definition) is 3. The first kappa shape index (κ1) is 17.6. The van der Waals surface area contributed by atoms with Crippen LogP contribution in [0.1, 0.15) is 36.3 Å². The summed E-state index contributed by atoms with van der Waals surface area (Å²) in [5, 5.41) is 23.6. The Balaban J connectivity index is 1.83. The number of rotatable bonds is 8. The minimum atomic E-state index is -0.283. The summed E-state index contributed by atoms with van der Waals surface area (Å²) in [5.41, 5.74) is 8.44. The number of primary amides is 1. The van der Waals surface area contributed by atoms with Gasteiger partial charge in [0, 0.05) is 12.0 Å². The fourth-order valence-electron chi connectivity index (χ4n) is 3.04. The fraction of sp³-hybridized carbons (Fsp3) is 0.263. The quantitative estimate of drug-likeness (QED) is 0.576. The van der Waals surface area contributed by atoms with Crippen LogP contribution in [0.25, 0.3) is 11.4 Å². The maximum Gasteiger partial charge on any atom is 0.217 e. The van der Waals surface area contributed by atoms with Crippen molar-refractivity contribution in [1.29, 1.82) is 0 Å². The number of benzene rings is 2. The highest BCUT2D eigenvalue weighted by Crippen LogP contribution is 2.29. The summed E-state index contributed by atoms with van der Waals surface area (Å²) in [5.74, 6) is 0.727. The van der Waals surface area contributed by atoms with Crippen molar-refractivity contribution in [3.05, 3.63) is 59.7 Å². The molecule has 1 amide bonds. The van der Waals surface area contributed by atoms with Crippen LogP contribution in [0.15, 0.2) is 48.5 Å². The standard InChI is InChI=1S/C19H21N5O2/c20-18(26)6-2-4-14(11-13-7-9-17(25)10-8-13)15-3-1-5-16(12-15)19-21-23-24-22-19/h1,3,5,7-10,12,14,25H,2,4,6,11H2,(H2,20,26)(H,21,22,23,24). The van der Waals surface area contributed by atoms with Gasteiger partial charge in [-0.1, -0.05) is 30.3 Å². The Hall–Kier alpha value is -3.22. The van der Waals surface area contributed by atoms with Crippen LogP contribution in [0.4, 0.5) is 0 Å². The molecule has 0 bridgehead atoms. The van der Waals surface area contributed by atoms with Crippen LogP contribution in [0, 0.1) is 0 Å². The van der Waals surface area contributed by atoms with Gasteiger partial charge in [-0.3, -0.25) is 4.79 Å². The van der Waals surface area contributed by atoms with Crippen molar-refractivity contribution in [3.8, 4) is 17.1 Å².